The predicted molar refractivity (Wildman–Crippen MR) is 60.7 cm³/mol. The van der Waals surface area contributed by atoms with Crippen LogP contribution < -0.4 is 5.32 Å². The van der Waals surface area contributed by atoms with Crippen LogP contribution in [0.3, 0.4) is 0 Å². The molecule has 1 aliphatic rings. The van der Waals surface area contributed by atoms with Crippen molar-refractivity contribution in [3.8, 4) is 0 Å². The molecule has 7 nitrogen and oxygen atoms in total. The minimum Gasteiger partial charge on any atom is -0.374 e. The lowest BCUT2D eigenvalue weighted by Gasteiger charge is -2.29. The number of nitrogens with zero attached hydrogens (tertiary/aromatic N) is 3. The molecule has 7 heteroatoms. The summed E-state index contributed by atoms with van der Waals surface area (Å²) < 4.78 is 5.53. The van der Waals surface area contributed by atoms with Crippen LogP contribution in [0.5, 0.6) is 0 Å². The average Bonchev–Trinajstić information content (AvgIpc) is 2.73. The second kappa shape index (κ2) is 5.24. The molecule has 2 heterocycles. The summed E-state index contributed by atoms with van der Waals surface area (Å²) in [5, 5.41) is 9.20. The minimum atomic E-state index is -0.272. The number of amides is 1. The van der Waals surface area contributed by atoms with Crippen molar-refractivity contribution >= 4 is 5.91 Å². The van der Waals surface area contributed by atoms with Crippen molar-refractivity contribution in [3.63, 3.8) is 0 Å². The quantitative estimate of drug-likeness (QED) is 0.719. The zero-order valence-electron chi connectivity index (χ0n) is 10.1. The van der Waals surface area contributed by atoms with Gasteiger partial charge in [-0.3, -0.25) is 9.89 Å². The fourth-order valence-corrected chi connectivity index (χ4v) is 1.72. The third-order valence-electron chi connectivity index (χ3n) is 2.63. The van der Waals surface area contributed by atoms with Crippen molar-refractivity contribution in [2.45, 2.75) is 13.0 Å². The Morgan fingerprint density at radius 3 is 3.18 bits per heavy atom. The van der Waals surface area contributed by atoms with Crippen LogP contribution in [-0.4, -0.2) is 65.4 Å². The van der Waals surface area contributed by atoms with Gasteiger partial charge in [0.2, 0.25) is 5.82 Å². The van der Waals surface area contributed by atoms with E-state index in [9.17, 15) is 4.79 Å². The van der Waals surface area contributed by atoms with Crippen molar-refractivity contribution in [2.75, 3.05) is 33.3 Å². The number of nitrogens with one attached hydrogen (secondary N) is 2. The number of aromatic nitrogens is 3. The number of ether oxygens (including phenoxy) is 1. The molecule has 0 aliphatic carbocycles. The highest BCUT2D eigenvalue weighted by molar-refractivity contribution is 5.90. The third-order valence-corrected chi connectivity index (χ3v) is 2.63. The van der Waals surface area contributed by atoms with E-state index in [1.807, 2.05) is 7.05 Å². The predicted octanol–water partition coefficient (Wildman–Crippen LogP) is -0.826. The molecule has 0 bridgehead atoms. The monoisotopic (exact) mass is 239 g/mol. The van der Waals surface area contributed by atoms with Gasteiger partial charge in [-0.15, -0.1) is 5.10 Å². The van der Waals surface area contributed by atoms with Crippen molar-refractivity contribution in [2.24, 2.45) is 0 Å². The number of carbonyl (C=O) groups is 1. The van der Waals surface area contributed by atoms with Gasteiger partial charge in [0.15, 0.2) is 0 Å². The van der Waals surface area contributed by atoms with Crippen molar-refractivity contribution < 1.29 is 9.53 Å². The second-order valence-electron chi connectivity index (χ2n) is 4.21. The number of carbonyl (C=O) groups excluding carboxylic acids is 1. The van der Waals surface area contributed by atoms with Gasteiger partial charge in [0.1, 0.15) is 5.82 Å². The maximum atomic E-state index is 11.7. The van der Waals surface area contributed by atoms with Crippen molar-refractivity contribution in [1.82, 2.24) is 25.4 Å². The van der Waals surface area contributed by atoms with Crippen molar-refractivity contribution in [1.29, 1.82) is 0 Å². The molecule has 1 aromatic heterocycles. The Morgan fingerprint density at radius 2 is 2.53 bits per heavy atom. The molecule has 1 aliphatic heterocycles. The number of aromatic amines is 1. The van der Waals surface area contributed by atoms with Gasteiger partial charge >= 0.3 is 0 Å². The number of morpholine rings is 1. The highest BCUT2D eigenvalue weighted by Gasteiger charge is 2.19. The van der Waals surface area contributed by atoms with Crippen LogP contribution in [0.2, 0.25) is 0 Å². The molecule has 1 unspecified atom stereocenters. The minimum absolute atomic E-state index is 0.0396. The molecule has 1 fully saturated rings. The van der Waals surface area contributed by atoms with Gasteiger partial charge < -0.3 is 15.0 Å². The Morgan fingerprint density at radius 1 is 1.71 bits per heavy atom. The summed E-state index contributed by atoms with van der Waals surface area (Å²) in [6.07, 6.45) is 0.0396. The topological polar surface area (TPSA) is 83.1 Å². The van der Waals surface area contributed by atoms with Crippen LogP contribution in [0.4, 0.5) is 0 Å². The number of rotatable bonds is 3. The van der Waals surface area contributed by atoms with E-state index in [2.05, 4.69) is 25.4 Å². The highest BCUT2D eigenvalue weighted by atomic mass is 16.5. The molecule has 17 heavy (non-hydrogen) atoms. The Labute approximate surface area is 99.5 Å². The first kappa shape index (κ1) is 12.0. The Kier molecular flexibility index (Phi) is 3.70. The first-order valence-corrected chi connectivity index (χ1v) is 5.62. The fourth-order valence-electron chi connectivity index (χ4n) is 1.72. The molecule has 2 rings (SSSR count). The highest BCUT2D eigenvalue weighted by Crippen LogP contribution is 2.01. The summed E-state index contributed by atoms with van der Waals surface area (Å²) in [6.45, 7) is 4.70. The van der Waals surface area contributed by atoms with E-state index in [0.717, 1.165) is 13.1 Å². The van der Waals surface area contributed by atoms with Gasteiger partial charge in [0, 0.05) is 19.6 Å². The lowest BCUT2D eigenvalue weighted by molar-refractivity contribution is -0.0175. The zero-order valence-corrected chi connectivity index (χ0v) is 10.1. The van der Waals surface area contributed by atoms with E-state index in [4.69, 9.17) is 4.74 Å². The molecule has 2 N–H and O–H groups in total. The molecule has 1 atom stereocenters. The molecule has 94 valence electrons. The number of likely N-dealkylation sites (N-methyl/N-ethyl adjacent to an activating group) is 1. The van der Waals surface area contributed by atoms with Gasteiger partial charge in [-0.1, -0.05) is 0 Å². The smallest absolute Gasteiger partial charge is 0.291 e. The third kappa shape index (κ3) is 3.24. The van der Waals surface area contributed by atoms with E-state index >= 15 is 0 Å². The molecule has 0 radical (unpaired) electrons. The fraction of sp³-hybridized carbons (Fsp3) is 0.700. The lowest BCUT2D eigenvalue weighted by Crippen LogP contribution is -2.46. The zero-order chi connectivity index (χ0) is 12.3. The van der Waals surface area contributed by atoms with E-state index in [0.29, 0.717) is 19.0 Å². The number of aryl methyl sites for hydroxylation is 1. The molecular formula is C10H17N5O2. The maximum absolute atomic E-state index is 11.7. The van der Waals surface area contributed by atoms with E-state index in [1.165, 1.54) is 0 Å². The maximum Gasteiger partial charge on any atom is 0.291 e. The van der Waals surface area contributed by atoms with Crippen LogP contribution in [0.15, 0.2) is 0 Å². The van der Waals surface area contributed by atoms with Crippen molar-refractivity contribution in [3.05, 3.63) is 11.6 Å². The molecule has 0 aromatic carbocycles. The van der Waals surface area contributed by atoms with Crippen LogP contribution in [-0.2, 0) is 4.74 Å². The molecular weight excluding hydrogens is 222 g/mol. The van der Waals surface area contributed by atoms with Crippen LogP contribution in [0.1, 0.15) is 16.4 Å². The van der Waals surface area contributed by atoms with E-state index in [-0.39, 0.29) is 17.8 Å². The average molecular weight is 239 g/mol. The summed E-state index contributed by atoms with van der Waals surface area (Å²) >= 11 is 0. The number of hydrogen-bond acceptors (Lipinski definition) is 5. The molecule has 1 saturated heterocycles. The van der Waals surface area contributed by atoms with Crippen LogP contribution >= 0.6 is 0 Å². The molecule has 1 aromatic rings. The molecule has 0 saturated carbocycles. The first-order chi connectivity index (χ1) is 8.15. The number of H-pyrrole nitrogens is 1. The molecule has 1 amide bonds. The summed E-state index contributed by atoms with van der Waals surface area (Å²) in [4.78, 5) is 17.8. The SMILES string of the molecule is Cc1nc(C(=O)NCC2CN(C)CCO2)n[nH]1. The summed E-state index contributed by atoms with van der Waals surface area (Å²) in [6, 6.07) is 0. The summed E-state index contributed by atoms with van der Waals surface area (Å²) in [5.41, 5.74) is 0. The van der Waals surface area contributed by atoms with E-state index in [1.54, 1.807) is 6.92 Å². The Balaban J connectivity index is 1.80. The van der Waals surface area contributed by atoms with Gasteiger partial charge in [0.25, 0.3) is 5.91 Å². The van der Waals surface area contributed by atoms with Crippen LogP contribution in [0, 0.1) is 6.92 Å². The largest absolute Gasteiger partial charge is 0.374 e. The number of hydrogen-bond donors (Lipinski definition) is 2. The van der Waals surface area contributed by atoms with E-state index < -0.39 is 0 Å². The van der Waals surface area contributed by atoms with Gasteiger partial charge in [0.05, 0.1) is 12.7 Å². The van der Waals surface area contributed by atoms with Crippen LogP contribution in [0.25, 0.3) is 0 Å². The first-order valence-electron chi connectivity index (χ1n) is 5.62. The second-order valence-corrected chi connectivity index (χ2v) is 4.21. The summed E-state index contributed by atoms with van der Waals surface area (Å²) in [7, 11) is 2.04. The van der Waals surface area contributed by atoms with Gasteiger partial charge in [-0.05, 0) is 14.0 Å². The standard InChI is InChI=1S/C10H17N5O2/c1-7-12-9(14-13-7)10(16)11-5-8-6-15(2)3-4-17-8/h8H,3-6H2,1-2H3,(H,11,16)(H,12,13,14). The Hall–Kier alpha value is -1.47. The van der Waals surface area contributed by atoms with Gasteiger partial charge in [-0.2, -0.15) is 0 Å². The summed E-state index contributed by atoms with van der Waals surface area (Å²) in [5.74, 6) is 0.529. The normalized spacial score (nSPS) is 21.4. The lowest BCUT2D eigenvalue weighted by atomic mass is 10.3. The van der Waals surface area contributed by atoms with Gasteiger partial charge in [-0.25, -0.2) is 4.98 Å². The Bertz CT molecular complexity index is 392. The molecule has 0 spiro atoms.